The van der Waals surface area contributed by atoms with Crippen molar-refractivity contribution < 1.29 is 12.9 Å². The van der Waals surface area contributed by atoms with Crippen molar-refractivity contribution >= 4 is 10.0 Å². The monoisotopic (exact) mass is 322 g/mol. The fraction of sp³-hybridized carbons (Fsp3) is 0.438. The van der Waals surface area contributed by atoms with Gasteiger partial charge in [0.05, 0.1) is 0 Å². The summed E-state index contributed by atoms with van der Waals surface area (Å²) in [6, 6.07) is 6.22. The lowest BCUT2D eigenvalue weighted by Gasteiger charge is -2.11. The van der Waals surface area contributed by atoms with Crippen molar-refractivity contribution in [2.75, 3.05) is 0 Å². The highest BCUT2D eigenvalue weighted by molar-refractivity contribution is 7.89. The van der Waals surface area contributed by atoms with E-state index in [-0.39, 0.29) is 11.4 Å². The molecule has 0 aliphatic rings. The minimum atomic E-state index is -3.63. The van der Waals surface area contributed by atoms with E-state index in [0.29, 0.717) is 11.5 Å². The average Bonchev–Trinajstić information content (AvgIpc) is 2.84. The van der Waals surface area contributed by atoms with Crippen LogP contribution in [0.4, 0.5) is 0 Å². The Morgan fingerprint density at radius 1 is 1.14 bits per heavy atom. The zero-order valence-corrected chi connectivity index (χ0v) is 14.3. The third kappa shape index (κ3) is 3.39. The van der Waals surface area contributed by atoms with Gasteiger partial charge in [-0.15, -0.1) is 0 Å². The van der Waals surface area contributed by atoms with Crippen LogP contribution in [0.25, 0.3) is 0 Å². The second-order valence-corrected chi connectivity index (χ2v) is 6.99. The number of aryl methyl sites for hydroxylation is 4. The standard InChI is InChI=1S/C16H22N2O3S/c1-5-13-7-8-14(6-2)15(9-13)10-17-22(19,20)16-11(3)18-21-12(16)4/h7-9,17H,5-6,10H2,1-4H3. The lowest BCUT2D eigenvalue weighted by atomic mass is 10.0. The predicted molar refractivity (Wildman–Crippen MR) is 85.2 cm³/mol. The maximum absolute atomic E-state index is 12.5. The summed E-state index contributed by atoms with van der Waals surface area (Å²) in [7, 11) is -3.63. The average molecular weight is 322 g/mol. The molecule has 0 amide bonds. The molecule has 0 saturated heterocycles. The zero-order valence-electron chi connectivity index (χ0n) is 13.4. The number of aromatic nitrogens is 1. The van der Waals surface area contributed by atoms with Gasteiger partial charge in [-0.1, -0.05) is 37.2 Å². The van der Waals surface area contributed by atoms with E-state index in [1.54, 1.807) is 13.8 Å². The minimum Gasteiger partial charge on any atom is -0.360 e. The van der Waals surface area contributed by atoms with E-state index in [9.17, 15) is 8.42 Å². The van der Waals surface area contributed by atoms with Gasteiger partial charge in [0.15, 0.2) is 5.76 Å². The first kappa shape index (κ1) is 16.7. The van der Waals surface area contributed by atoms with Gasteiger partial charge in [0, 0.05) is 6.54 Å². The molecule has 2 aromatic rings. The molecule has 2 rings (SSSR count). The number of hydrogen-bond donors (Lipinski definition) is 1. The normalized spacial score (nSPS) is 11.8. The maximum atomic E-state index is 12.5. The topological polar surface area (TPSA) is 72.2 Å². The molecular formula is C16H22N2O3S. The number of benzene rings is 1. The van der Waals surface area contributed by atoms with Crippen molar-refractivity contribution in [1.82, 2.24) is 9.88 Å². The Bertz CT molecular complexity index is 744. The van der Waals surface area contributed by atoms with E-state index in [4.69, 9.17) is 4.52 Å². The molecule has 1 heterocycles. The maximum Gasteiger partial charge on any atom is 0.246 e. The Labute approximate surface area is 131 Å². The molecule has 0 atom stereocenters. The van der Waals surface area contributed by atoms with E-state index in [1.165, 1.54) is 5.56 Å². The van der Waals surface area contributed by atoms with Crippen LogP contribution >= 0.6 is 0 Å². The molecule has 0 bridgehead atoms. The minimum absolute atomic E-state index is 0.136. The van der Waals surface area contributed by atoms with Crippen LogP contribution < -0.4 is 4.72 Å². The van der Waals surface area contributed by atoms with Gasteiger partial charge in [0.1, 0.15) is 10.6 Å². The highest BCUT2D eigenvalue weighted by Gasteiger charge is 2.24. The van der Waals surface area contributed by atoms with Gasteiger partial charge in [-0.2, -0.15) is 0 Å². The first-order valence-corrected chi connectivity index (χ1v) is 8.90. The van der Waals surface area contributed by atoms with Gasteiger partial charge in [0.2, 0.25) is 10.0 Å². The Balaban J connectivity index is 2.26. The van der Waals surface area contributed by atoms with Crippen LogP contribution in [-0.4, -0.2) is 13.6 Å². The molecule has 0 unspecified atom stereocenters. The SMILES string of the molecule is CCc1ccc(CC)c(CNS(=O)(=O)c2c(C)noc2C)c1. The van der Waals surface area contributed by atoms with Gasteiger partial charge in [-0.05, 0) is 43.4 Å². The quantitative estimate of drug-likeness (QED) is 0.887. The number of sulfonamides is 1. The fourth-order valence-electron chi connectivity index (χ4n) is 2.51. The summed E-state index contributed by atoms with van der Waals surface area (Å²) in [6.45, 7) is 7.64. The van der Waals surface area contributed by atoms with Crippen molar-refractivity contribution in [3.8, 4) is 0 Å². The largest absolute Gasteiger partial charge is 0.360 e. The molecule has 0 radical (unpaired) electrons. The molecule has 1 aromatic heterocycles. The molecular weight excluding hydrogens is 300 g/mol. The third-order valence-corrected chi connectivity index (χ3v) is 5.39. The smallest absolute Gasteiger partial charge is 0.246 e. The Morgan fingerprint density at radius 2 is 1.86 bits per heavy atom. The van der Waals surface area contributed by atoms with Gasteiger partial charge in [0.25, 0.3) is 0 Å². The molecule has 5 nitrogen and oxygen atoms in total. The number of nitrogens with zero attached hydrogens (tertiary/aromatic N) is 1. The van der Waals surface area contributed by atoms with E-state index < -0.39 is 10.0 Å². The molecule has 6 heteroatoms. The Kier molecular flexibility index (Phi) is 5.03. The van der Waals surface area contributed by atoms with Gasteiger partial charge in [-0.3, -0.25) is 0 Å². The molecule has 0 fully saturated rings. The summed E-state index contributed by atoms with van der Waals surface area (Å²) in [5, 5.41) is 3.70. The van der Waals surface area contributed by atoms with Crippen molar-refractivity contribution in [3.05, 3.63) is 46.3 Å². The van der Waals surface area contributed by atoms with Gasteiger partial charge < -0.3 is 4.52 Å². The van der Waals surface area contributed by atoms with Crippen LogP contribution in [0.15, 0.2) is 27.6 Å². The first-order valence-electron chi connectivity index (χ1n) is 7.42. The summed E-state index contributed by atoms with van der Waals surface area (Å²) < 4.78 is 32.5. The lowest BCUT2D eigenvalue weighted by Crippen LogP contribution is -2.24. The van der Waals surface area contributed by atoms with Crippen molar-refractivity contribution in [1.29, 1.82) is 0 Å². The van der Waals surface area contributed by atoms with Gasteiger partial charge >= 0.3 is 0 Å². The first-order chi connectivity index (χ1) is 10.4. The second-order valence-electron chi connectivity index (χ2n) is 5.29. The summed E-state index contributed by atoms with van der Waals surface area (Å²) >= 11 is 0. The van der Waals surface area contributed by atoms with Crippen LogP contribution in [0.1, 0.15) is 42.0 Å². The van der Waals surface area contributed by atoms with Gasteiger partial charge in [-0.25, -0.2) is 13.1 Å². The van der Waals surface area contributed by atoms with E-state index in [2.05, 4.69) is 41.9 Å². The highest BCUT2D eigenvalue weighted by Crippen LogP contribution is 2.20. The third-order valence-electron chi connectivity index (χ3n) is 3.75. The molecule has 1 N–H and O–H groups in total. The lowest BCUT2D eigenvalue weighted by molar-refractivity contribution is 0.390. The molecule has 0 aliphatic heterocycles. The van der Waals surface area contributed by atoms with E-state index >= 15 is 0 Å². The van der Waals surface area contributed by atoms with Crippen molar-refractivity contribution in [2.45, 2.75) is 52.0 Å². The fourth-order valence-corrected chi connectivity index (χ4v) is 3.84. The van der Waals surface area contributed by atoms with Crippen molar-refractivity contribution in [3.63, 3.8) is 0 Å². The number of nitrogens with one attached hydrogen (secondary N) is 1. The molecule has 1 aromatic carbocycles. The summed E-state index contributed by atoms with van der Waals surface area (Å²) in [6.07, 6.45) is 1.79. The van der Waals surface area contributed by atoms with Crippen LogP contribution in [0.2, 0.25) is 0 Å². The predicted octanol–water partition coefficient (Wildman–Crippen LogP) is 2.89. The molecule has 0 saturated carbocycles. The summed E-state index contributed by atoms with van der Waals surface area (Å²) in [5.74, 6) is 0.308. The second kappa shape index (κ2) is 6.62. The summed E-state index contributed by atoms with van der Waals surface area (Å²) in [5.41, 5.74) is 3.74. The molecule has 0 aliphatic carbocycles. The van der Waals surface area contributed by atoms with Crippen LogP contribution in [0.3, 0.4) is 0 Å². The summed E-state index contributed by atoms with van der Waals surface area (Å²) in [4.78, 5) is 0.136. The highest BCUT2D eigenvalue weighted by atomic mass is 32.2. The van der Waals surface area contributed by atoms with E-state index in [1.807, 2.05) is 0 Å². The number of rotatable bonds is 6. The van der Waals surface area contributed by atoms with Crippen LogP contribution in [-0.2, 0) is 29.4 Å². The molecule has 120 valence electrons. The number of hydrogen-bond acceptors (Lipinski definition) is 4. The Hall–Kier alpha value is -1.66. The zero-order chi connectivity index (χ0) is 16.3. The Morgan fingerprint density at radius 3 is 2.41 bits per heavy atom. The van der Waals surface area contributed by atoms with Crippen molar-refractivity contribution in [2.24, 2.45) is 0 Å². The molecule has 0 spiro atoms. The molecule has 22 heavy (non-hydrogen) atoms. The van der Waals surface area contributed by atoms with E-state index in [0.717, 1.165) is 24.0 Å². The van der Waals surface area contributed by atoms with Crippen LogP contribution in [0, 0.1) is 13.8 Å². The van der Waals surface area contributed by atoms with Crippen LogP contribution in [0.5, 0.6) is 0 Å².